The lowest BCUT2D eigenvalue weighted by molar-refractivity contribution is 1.18. The lowest BCUT2D eigenvalue weighted by Crippen LogP contribution is -1.98. The number of nitrogens with zero attached hydrogens (tertiary/aromatic N) is 4. The van der Waals surface area contributed by atoms with Crippen LogP contribution in [-0.2, 0) is 0 Å². The summed E-state index contributed by atoms with van der Waals surface area (Å²) in [6, 6.07) is 68.0. The summed E-state index contributed by atoms with van der Waals surface area (Å²) in [7, 11) is 0. The van der Waals surface area contributed by atoms with Crippen LogP contribution in [0.4, 0.5) is 0 Å². The Bertz CT molecular complexity index is 3230. The van der Waals surface area contributed by atoms with E-state index in [4.69, 9.17) is 19.9 Å². The van der Waals surface area contributed by atoms with Crippen LogP contribution in [0.2, 0.25) is 0 Å². The van der Waals surface area contributed by atoms with E-state index in [0.717, 1.165) is 66.2 Å². The summed E-state index contributed by atoms with van der Waals surface area (Å²) in [6.07, 6.45) is 0. The SMILES string of the molecule is c1ccc(-c2cc(-c3ccccc3)nc(-c3cc(-c4nc(-c5ccccc5)c5c(n4)sc4ccccc45)cc(-c4cc5ccccc5c5ccccc45)c3)n2)cc1. The van der Waals surface area contributed by atoms with E-state index in [9.17, 15) is 0 Å². The Morgan fingerprint density at radius 2 is 0.842 bits per heavy atom. The first-order valence-corrected chi connectivity index (χ1v) is 19.9. The third kappa shape index (κ3) is 5.93. The maximum absolute atomic E-state index is 5.43. The van der Waals surface area contributed by atoms with Gasteiger partial charge in [-0.15, -0.1) is 11.3 Å². The predicted molar refractivity (Wildman–Crippen MR) is 238 cm³/mol. The Labute approximate surface area is 333 Å². The van der Waals surface area contributed by atoms with Gasteiger partial charge in [-0.25, -0.2) is 19.9 Å². The average Bonchev–Trinajstić information content (AvgIpc) is 3.68. The third-order valence-electron chi connectivity index (χ3n) is 10.7. The molecule has 0 N–H and O–H groups in total. The molecule has 0 aliphatic heterocycles. The van der Waals surface area contributed by atoms with E-state index >= 15 is 0 Å². The summed E-state index contributed by atoms with van der Waals surface area (Å²) in [4.78, 5) is 22.3. The molecule has 4 nitrogen and oxygen atoms in total. The van der Waals surface area contributed by atoms with Gasteiger partial charge in [-0.05, 0) is 69.1 Å². The summed E-state index contributed by atoms with van der Waals surface area (Å²) in [5.74, 6) is 1.29. The molecule has 0 radical (unpaired) electrons. The van der Waals surface area contributed by atoms with Crippen LogP contribution >= 0.6 is 11.3 Å². The number of hydrogen-bond acceptors (Lipinski definition) is 5. The second-order valence-electron chi connectivity index (χ2n) is 14.2. The molecule has 0 atom stereocenters. The maximum atomic E-state index is 5.43. The standard InChI is InChI=1S/C52H32N4S/c1-4-16-33(17-5-1)45-32-46(34-18-6-2-7-19-34)54-50(53-45)38-28-37(44-31-36-22-10-11-23-40(36)41-24-12-13-25-42(41)44)29-39(30-38)51-55-49(35-20-8-3-9-21-35)48-43-26-14-15-27-47(43)57-52(48)56-51/h1-32H. The van der Waals surface area contributed by atoms with Crippen LogP contribution in [0.25, 0.3) is 110 Å². The third-order valence-corrected chi connectivity index (χ3v) is 11.7. The van der Waals surface area contributed by atoms with E-state index < -0.39 is 0 Å². The van der Waals surface area contributed by atoms with Gasteiger partial charge in [0.15, 0.2) is 11.6 Å². The Kier molecular flexibility index (Phi) is 7.97. The first-order chi connectivity index (χ1) is 28.2. The molecule has 0 fully saturated rings. The largest absolute Gasteiger partial charge is 0.228 e. The molecular weight excluding hydrogens is 713 g/mol. The van der Waals surface area contributed by atoms with E-state index in [-0.39, 0.29) is 0 Å². The van der Waals surface area contributed by atoms with E-state index in [1.165, 1.54) is 31.6 Å². The molecule has 11 rings (SSSR count). The normalized spacial score (nSPS) is 11.5. The molecule has 0 spiro atoms. The molecule has 57 heavy (non-hydrogen) atoms. The zero-order chi connectivity index (χ0) is 37.7. The average molecular weight is 745 g/mol. The van der Waals surface area contributed by atoms with Crippen LogP contribution in [0.3, 0.4) is 0 Å². The monoisotopic (exact) mass is 744 g/mol. The van der Waals surface area contributed by atoms with Crippen molar-refractivity contribution in [2.45, 2.75) is 0 Å². The molecule has 0 amide bonds. The van der Waals surface area contributed by atoms with Gasteiger partial charge >= 0.3 is 0 Å². The number of aromatic nitrogens is 4. The zero-order valence-electron chi connectivity index (χ0n) is 30.7. The van der Waals surface area contributed by atoms with Gasteiger partial charge in [0.25, 0.3) is 0 Å². The Balaban J connectivity index is 1.21. The lowest BCUT2D eigenvalue weighted by atomic mass is 9.91. The van der Waals surface area contributed by atoms with Crippen molar-refractivity contribution in [3.8, 4) is 67.7 Å². The van der Waals surface area contributed by atoms with Crippen molar-refractivity contribution in [1.82, 2.24) is 19.9 Å². The minimum atomic E-state index is 0.634. The van der Waals surface area contributed by atoms with Crippen LogP contribution in [-0.4, -0.2) is 19.9 Å². The molecule has 0 unspecified atom stereocenters. The fourth-order valence-electron chi connectivity index (χ4n) is 7.98. The molecule has 5 heteroatoms. The van der Waals surface area contributed by atoms with Crippen LogP contribution < -0.4 is 0 Å². The summed E-state index contributed by atoms with van der Waals surface area (Å²) >= 11 is 1.71. The number of thiophene rings is 1. The highest BCUT2D eigenvalue weighted by Crippen LogP contribution is 2.42. The minimum absolute atomic E-state index is 0.634. The summed E-state index contributed by atoms with van der Waals surface area (Å²) < 4.78 is 1.19. The number of hydrogen-bond donors (Lipinski definition) is 0. The maximum Gasteiger partial charge on any atom is 0.161 e. The minimum Gasteiger partial charge on any atom is -0.228 e. The summed E-state index contributed by atoms with van der Waals surface area (Å²) in [5.41, 5.74) is 9.70. The molecule has 0 saturated heterocycles. The Hall–Kier alpha value is -7.34. The topological polar surface area (TPSA) is 51.6 Å². The molecular formula is C52H32N4S. The van der Waals surface area contributed by atoms with Crippen molar-refractivity contribution in [3.63, 3.8) is 0 Å². The van der Waals surface area contributed by atoms with Crippen molar-refractivity contribution < 1.29 is 0 Å². The Morgan fingerprint density at radius 1 is 0.333 bits per heavy atom. The van der Waals surface area contributed by atoms with Gasteiger partial charge in [0.2, 0.25) is 0 Å². The van der Waals surface area contributed by atoms with Crippen molar-refractivity contribution in [1.29, 1.82) is 0 Å². The number of fused-ring (bicyclic) bond motifs is 6. The molecule has 266 valence electrons. The van der Waals surface area contributed by atoms with Crippen molar-refractivity contribution in [2.75, 3.05) is 0 Å². The van der Waals surface area contributed by atoms with Crippen molar-refractivity contribution in [2.24, 2.45) is 0 Å². The van der Waals surface area contributed by atoms with Gasteiger partial charge in [-0.2, -0.15) is 0 Å². The van der Waals surface area contributed by atoms with Crippen LogP contribution in [0, 0.1) is 0 Å². The van der Waals surface area contributed by atoms with Crippen molar-refractivity contribution in [3.05, 3.63) is 194 Å². The summed E-state index contributed by atoms with van der Waals surface area (Å²) in [5, 5.41) is 7.04. The quantitative estimate of drug-likeness (QED) is 0.159. The molecule has 3 heterocycles. The second kappa shape index (κ2) is 13.7. The highest BCUT2D eigenvalue weighted by atomic mass is 32.1. The molecule has 0 bridgehead atoms. The highest BCUT2D eigenvalue weighted by molar-refractivity contribution is 7.25. The molecule has 11 aromatic rings. The van der Waals surface area contributed by atoms with Gasteiger partial charge in [0, 0.05) is 43.3 Å². The van der Waals surface area contributed by atoms with Crippen LogP contribution in [0.5, 0.6) is 0 Å². The van der Waals surface area contributed by atoms with Crippen molar-refractivity contribution >= 4 is 53.2 Å². The molecule has 3 aromatic heterocycles. The fourth-order valence-corrected chi connectivity index (χ4v) is 9.06. The van der Waals surface area contributed by atoms with E-state index in [1.807, 2.05) is 18.2 Å². The van der Waals surface area contributed by atoms with E-state index in [2.05, 4.69) is 176 Å². The number of rotatable bonds is 6. The predicted octanol–water partition coefficient (Wildman–Crippen LogP) is 13.9. The van der Waals surface area contributed by atoms with Crippen LogP contribution in [0.1, 0.15) is 0 Å². The first kappa shape index (κ1) is 33.0. The molecule has 0 saturated carbocycles. The number of benzene rings is 8. The second-order valence-corrected chi connectivity index (χ2v) is 15.3. The van der Waals surface area contributed by atoms with Gasteiger partial charge in [-0.3, -0.25) is 0 Å². The Morgan fingerprint density at radius 3 is 1.51 bits per heavy atom. The first-order valence-electron chi connectivity index (χ1n) is 19.0. The fraction of sp³-hybridized carbons (Fsp3) is 0. The molecule has 0 aliphatic rings. The molecule has 8 aromatic carbocycles. The van der Waals surface area contributed by atoms with Gasteiger partial charge in [-0.1, -0.05) is 158 Å². The zero-order valence-corrected chi connectivity index (χ0v) is 31.5. The van der Waals surface area contributed by atoms with Gasteiger partial charge in [0.1, 0.15) is 4.83 Å². The lowest BCUT2D eigenvalue weighted by Gasteiger charge is -2.15. The van der Waals surface area contributed by atoms with Gasteiger partial charge < -0.3 is 0 Å². The molecule has 0 aliphatic carbocycles. The highest BCUT2D eigenvalue weighted by Gasteiger charge is 2.20. The summed E-state index contributed by atoms with van der Waals surface area (Å²) in [6.45, 7) is 0. The van der Waals surface area contributed by atoms with Gasteiger partial charge in [0.05, 0.1) is 17.1 Å². The van der Waals surface area contributed by atoms with E-state index in [0.29, 0.717) is 11.6 Å². The smallest absolute Gasteiger partial charge is 0.161 e. The van der Waals surface area contributed by atoms with E-state index in [1.54, 1.807) is 11.3 Å². The van der Waals surface area contributed by atoms with Crippen LogP contribution in [0.15, 0.2) is 194 Å².